The lowest BCUT2D eigenvalue weighted by molar-refractivity contribution is 0.397. The Kier molecular flexibility index (Phi) is 5.19. The van der Waals surface area contributed by atoms with Crippen molar-refractivity contribution in [2.75, 3.05) is 37.4 Å². The van der Waals surface area contributed by atoms with Crippen molar-refractivity contribution in [1.82, 2.24) is 5.32 Å². The molecule has 0 amide bonds. The third-order valence-electron chi connectivity index (χ3n) is 4.89. The van der Waals surface area contributed by atoms with Gasteiger partial charge in [0.25, 0.3) is 0 Å². The van der Waals surface area contributed by atoms with E-state index in [-0.39, 0.29) is 0 Å². The highest BCUT2D eigenvalue weighted by atomic mass is 32.2. The van der Waals surface area contributed by atoms with Gasteiger partial charge in [-0.25, -0.2) is 0 Å². The van der Waals surface area contributed by atoms with Crippen LogP contribution in [0.25, 0.3) is 0 Å². The van der Waals surface area contributed by atoms with Crippen LogP contribution in [-0.2, 0) is 0 Å². The molecule has 0 aromatic heterocycles. The highest BCUT2D eigenvalue weighted by Crippen LogP contribution is 2.47. The van der Waals surface area contributed by atoms with Crippen molar-refractivity contribution < 1.29 is 4.74 Å². The molecular weight excluding hydrogens is 292 g/mol. The minimum Gasteiger partial charge on any atom is -0.495 e. The van der Waals surface area contributed by atoms with Crippen LogP contribution in [0.4, 0.5) is 5.69 Å². The summed E-state index contributed by atoms with van der Waals surface area (Å²) in [7, 11) is 1.76. The summed E-state index contributed by atoms with van der Waals surface area (Å²) >= 11 is 2.15. The van der Waals surface area contributed by atoms with Crippen molar-refractivity contribution in [3.63, 3.8) is 0 Å². The molecule has 0 spiro atoms. The standard InChI is InChI=1S/C18H28N2OS/c1-3-22-18(10-11-18)14-19-15-8-12-20(13-9-15)16-6-4-5-7-17(16)21-2/h4-7,15,19H,3,8-14H2,1-2H3. The fourth-order valence-electron chi connectivity index (χ4n) is 3.36. The average molecular weight is 321 g/mol. The number of nitrogens with zero attached hydrogens (tertiary/aromatic N) is 1. The average Bonchev–Trinajstić information content (AvgIpc) is 3.34. The first kappa shape index (κ1) is 16.0. The van der Waals surface area contributed by atoms with Crippen molar-refractivity contribution in [2.45, 2.75) is 43.4 Å². The van der Waals surface area contributed by atoms with Crippen LogP contribution in [0.5, 0.6) is 5.75 Å². The molecule has 1 saturated heterocycles. The number of benzene rings is 1. The summed E-state index contributed by atoms with van der Waals surface area (Å²) in [5, 5.41) is 3.83. The lowest BCUT2D eigenvalue weighted by Gasteiger charge is -2.35. The van der Waals surface area contributed by atoms with Crippen molar-refractivity contribution in [3.8, 4) is 5.75 Å². The second-order valence-corrected chi connectivity index (χ2v) is 8.16. The maximum atomic E-state index is 5.49. The number of piperidine rings is 1. The van der Waals surface area contributed by atoms with Gasteiger partial charge in [-0.3, -0.25) is 0 Å². The van der Waals surface area contributed by atoms with Gasteiger partial charge in [-0.1, -0.05) is 19.1 Å². The molecule has 2 aliphatic rings. The molecule has 1 aliphatic carbocycles. The molecule has 3 nitrogen and oxygen atoms in total. The molecule has 1 aliphatic heterocycles. The van der Waals surface area contributed by atoms with E-state index < -0.39 is 0 Å². The van der Waals surface area contributed by atoms with Gasteiger partial charge in [0.2, 0.25) is 0 Å². The molecule has 122 valence electrons. The van der Waals surface area contributed by atoms with Crippen LogP contribution >= 0.6 is 11.8 Å². The predicted molar refractivity (Wildman–Crippen MR) is 96.3 cm³/mol. The fraction of sp³-hybridized carbons (Fsp3) is 0.667. The maximum absolute atomic E-state index is 5.49. The molecule has 22 heavy (non-hydrogen) atoms. The predicted octanol–water partition coefficient (Wildman–Crippen LogP) is 3.54. The van der Waals surface area contributed by atoms with Crippen LogP contribution in [0.15, 0.2) is 24.3 Å². The van der Waals surface area contributed by atoms with Crippen LogP contribution in [0.1, 0.15) is 32.6 Å². The Morgan fingerprint density at radius 3 is 2.64 bits per heavy atom. The Balaban J connectivity index is 1.48. The Hall–Kier alpha value is -0.870. The highest BCUT2D eigenvalue weighted by molar-refractivity contribution is 8.00. The van der Waals surface area contributed by atoms with E-state index in [0.29, 0.717) is 10.8 Å². The van der Waals surface area contributed by atoms with E-state index in [1.165, 1.54) is 43.7 Å². The molecule has 0 radical (unpaired) electrons. The SMILES string of the molecule is CCSC1(CNC2CCN(c3ccccc3OC)CC2)CC1. The summed E-state index contributed by atoms with van der Waals surface area (Å²) in [4.78, 5) is 2.46. The molecule has 1 heterocycles. The van der Waals surface area contributed by atoms with Gasteiger partial charge in [-0.2, -0.15) is 11.8 Å². The van der Waals surface area contributed by atoms with Crippen LogP contribution < -0.4 is 15.0 Å². The smallest absolute Gasteiger partial charge is 0.142 e. The van der Waals surface area contributed by atoms with E-state index in [1.54, 1.807) is 7.11 Å². The Bertz CT molecular complexity index is 482. The zero-order valence-electron chi connectivity index (χ0n) is 13.8. The van der Waals surface area contributed by atoms with Gasteiger partial charge in [0, 0.05) is 30.4 Å². The zero-order chi connectivity index (χ0) is 15.4. The van der Waals surface area contributed by atoms with E-state index in [0.717, 1.165) is 18.8 Å². The first-order valence-corrected chi connectivity index (χ1v) is 9.50. The van der Waals surface area contributed by atoms with Crippen molar-refractivity contribution >= 4 is 17.4 Å². The molecule has 4 heteroatoms. The molecule has 2 fully saturated rings. The topological polar surface area (TPSA) is 24.5 Å². The largest absolute Gasteiger partial charge is 0.495 e. The zero-order valence-corrected chi connectivity index (χ0v) is 14.6. The van der Waals surface area contributed by atoms with Crippen LogP contribution in [0, 0.1) is 0 Å². The van der Waals surface area contributed by atoms with E-state index in [1.807, 2.05) is 6.07 Å². The lowest BCUT2D eigenvalue weighted by atomic mass is 10.0. The van der Waals surface area contributed by atoms with Crippen molar-refractivity contribution in [1.29, 1.82) is 0 Å². The molecule has 0 bridgehead atoms. The molecule has 1 saturated carbocycles. The second kappa shape index (κ2) is 7.14. The third kappa shape index (κ3) is 3.72. The Labute approximate surface area is 138 Å². The number of rotatable bonds is 7. The molecule has 0 unspecified atom stereocenters. The van der Waals surface area contributed by atoms with Gasteiger partial charge in [-0.05, 0) is 43.6 Å². The molecular formula is C18H28N2OS. The van der Waals surface area contributed by atoms with Crippen molar-refractivity contribution in [3.05, 3.63) is 24.3 Å². The lowest BCUT2D eigenvalue weighted by Crippen LogP contribution is -2.44. The van der Waals surface area contributed by atoms with Crippen molar-refractivity contribution in [2.24, 2.45) is 0 Å². The second-order valence-electron chi connectivity index (χ2n) is 6.43. The van der Waals surface area contributed by atoms with E-state index in [4.69, 9.17) is 4.74 Å². The highest BCUT2D eigenvalue weighted by Gasteiger charge is 2.42. The van der Waals surface area contributed by atoms with Crippen LogP contribution in [0.3, 0.4) is 0 Å². The van der Waals surface area contributed by atoms with Crippen LogP contribution in [-0.4, -0.2) is 43.3 Å². The Morgan fingerprint density at radius 2 is 2.00 bits per heavy atom. The quantitative estimate of drug-likeness (QED) is 0.830. The first-order chi connectivity index (χ1) is 10.8. The molecule has 0 atom stereocenters. The minimum absolute atomic E-state index is 0.578. The summed E-state index contributed by atoms with van der Waals surface area (Å²) in [6, 6.07) is 9.04. The van der Waals surface area contributed by atoms with Gasteiger partial charge in [0.15, 0.2) is 0 Å². The monoisotopic (exact) mass is 320 g/mol. The molecule has 1 aromatic carbocycles. The molecule has 1 N–H and O–H groups in total. The normalized spacial score (nSPS) is 20.9. The van der Waals surface area contributed by atoms with Gasteiger partial charge in [-0.15, -0.1) is 0 Å². The van der Waals surface area contributed by atoms with E-state index >= 15 is 0 Å². The number of nitrogens with one attached hydrogen (secondary N) is 1. The summed E-state index contributed by atoms with van der Waals surface area (Å²) in [5.41, 5.74) is 1.24. The summed E-state index contributed by atoms with van der Waals surface area (Å²) in [6.07, 6.45) is 5.26. The van der Waals surface area contributed by atoms with Gasteiger partial charge >= 0.3 is 0 Å². The van der Waals surface area contributed by atoms with E-state index in [2.05, 4.69) is 47.1 Å². The Morgan fingerprint density at radius 1 is 1.27 bits per heavy atom. The number of para-hydroxylation sites is 2. The summed E-state index contributed by atoms with van der Waals surface area (Å²) in [6.45, 7) is 5.71. The van der Waals surface area contributed by atoms with Gasteiger partial charge < -0.3 is 15.0 Å². The minimum atomic E-state index is 0.578. The molecule has 3 rings (SSSR count). The summed E-state index contributed by atoms with van der Waals surface area (Å²) in [5.74, 6) is 2.23. The van der Waals surface area contributed by atoms with Crippen LogP contribution in [0.2, 0.25) is 0 Å². The first-order valence-electron chi connectivity index (χ1n) is 8.52. The fourth-order valence-corrected chi connectivity index (χ4v) is 4.55. The summed E-state index contributed by atoms with van der Waals surface area (Å²) < 4.78 is 6.07. The maximum Gasteiger partial charge on any atom is 0.142 e. The number of methoxy groups -OCH3 is 1. The van der Waals surface area contributed by atoms with Gasteiger partial charge in [0.1, 0.15) is 5.75 Å². The van der Waals surface area contributed by atoms with Gasteiger partial charge in [0.05, 0.1) is 12.8 Å². The number of hydrogen-bond donors (Lipinski definition) is 1. The number of thioether (sulfide) groups is 1. The third-order valence-corrected chi connectivity index (χ3v) is 6.35. The molecule has 1 aromatic rings. The number of anilines is 1. The number of hydrogen-bond acceptors (Lipinski definition) is 4. The van der Waals surface area contributed by atoms with E-state index in [9.17, 15) is 0 Å². The number of ether oxygens (including phenoxy) is 1.